The van der Waals surface area contributed by atoms with Gasteiger partial charge >= 0.3 is 6.18 Å². The fourth-order valence-electron chi connectivity index (χ4n) is 0.930. The number of hydrogen-bond acceptors (Lipinski definition) is 3. The topological polar surface area (TPSA) is 30.8 Å². The summed E-state index contributed by atoms with van der Waals surface area (Å²) < 4.78 is 40.0. The first-order valence-electron chi connectivity index (χ1n) is 4.37. The van der Waals surface area contributed by atoms with Crippen LogP contribution in [0.25, 0.3) is 0 Å². The van der Waals surface area contributed by atoms with E-state index in [-0.39, 0.29) is 0 Å². The van der Waals surface area contributed by atoms with Crippen LogP contribution in [0, 0.1) is 0 Å². The van der Waals surface area contributed by atoms with Crippen molar-refractivity contribution in [3.05, 3.63) is 29.8 Å². The van der Waals surface area contributed by atoms with Gasteiger partial charge in [-0.3, -0.25) is 0 Å². The lowest BCUT2D eigenvalue weighted by Gasteiger charge is -2.03. The number of nitrogens with zero attached hydrogens (tertiary/aromatic N) is 1. The van der Waals surface area contributed by atoms with E-state index in [0.717, 1.165) is 0 Å². The molecule has 0 saturated heterocycles. The summed E-state index contributed by atoms with van der Waals surface area (Å²) in [6, 6.07) is 6.71. The van der Waals surface area contributed by atoms with E-state index in [9.17, 15) is 13.2 Å². The zero-order valence-electron chi connectivity index (χ0n) is 8.49. The van der Waals surface area contributed by atoms with Gasteiger partial charge in [0, 0.05) is 0 Å². The number of alkyl halides is 3. The van der Waals surface area contributed by atoms with E-state index in [1.165, 1.54) is 13.3 Å². The molecule has 0 aliphatic carbocycles. The lowest BCUT2D eigenvalue weighted by atomic mass is 10.2. The van der Waals surface area contributed by atoms with Crippen LogP contribution >= 0.6 is 0 Å². The third-order valence-electron chi connectivity index (χ3n) is 1.60. The van der Waals surface area contributed by atoms with E-state index < -0.39 is 12.8 Å². The van der Waals surface area contributed by atoms with Gasteiger partial charge < -0.3 is 9.57 Å². The normalized spacial score (nSPS) is 11.8. The smallest absolute Gasteiger partial charge is 0.425 e. The molecule has 88 valence electrons. The Bertz CT molecular complexity index is 363. The number of methoxy groups -OCH3 is 1. The van der Waals surface area contributed by atoms with E-state index >= 15 is 0 Å². The fraction of sp³-hybridized carbons (Fsp3) is 0.300. The van der Waals surface area contributed by atoms with Gasteiger partial charge in [0.1, 0.15) is 5.75 Å². The molecule has 0 N–H and O–H groups in total. The molecule has 1 rings (SSSR count). The molecule has 6 heteroatoms. The monoisotopic (exact) mass is 233 g/mol. The standard InChI is InChI=1S/C10H10F3NO2/c1-15-9-4-2-3-8(5-9)6-14-16-7-10(11,12)13/h2-6H,7H2,1H3. The van der Waals surface area contributed by atoms with Crippen molar-refractivity contribution in [2.24, 2.45) is 5.16 Å². The Kier molecular flexibility index (Phi) is 4.16. The van der Waals surface area contributed by atoms with Crippen LogP contribution in [0.4, 0.5) is 13.2 Å². The Morgan fingerprint density at radius 1 is 1.38 bits per heavy atom. The number of halogens is 3. The summed E-state index contributed by atoms with van der Waals surface area (Å²) in [7, 11) is 1.50. The molecule has 1 aromatic rings. The first-order chi connectivity index (χ1) is 7.51. The maximum absolute atomic E-state index is 11.7. The lowest BCUT2D eigenvalue weighted by Crippen LogP contribution is -2.14. The molecular formula is C10H10F3NO2. The lowest BCUT2D eigenvalue weighted by molar-refractivity contribution is -0.173. The maximum Gasteiger partial charge on any atom is 0.425 e. The third-order valence-corrected chi connectivity index (χ3v) is 1.60. The van der Waals surface area contributed by atoms with Crippen molar-refractivity contribution in [2.75, 3.05) is 13.7 Å². The molecule has 0 aliphatic rings. The molecule has 0 atom stereocenters. The van der Waals surface area contributed by atoms with Gasteiger partial charge in [-0.2, -0.15) is 13.2 Å². The highest BCUT2D eigenvalue weighted by atomic mass is 19.4. The Morgan fingerprint density at radius 3 is 2.75 bits per heavy atom. The van der Waals surface area contributed by atoms with Crippen molar-refractivity contribution in [1.29, 1.82) is 0 Å². The molecule has 0 saturated carbocycles. The van der Waals surface area contributed by atoms with Crippen LogP contribution in [-0.4, -0.2) is 26.1 Å². The molecule has 0 spiro atoms. The van der Waals surface area contributed by atoms with Crippen molar-refractivity contribution in [3.63, 3.8) is 0 Å². The van der Waals surface area contributed by atoms with E-state index in [0.29, 0.717) is 11.3 Å². The molecule has 0 amide bonds. The first-order valence-corrected chi connectivity index (χ1v) is 4.37. The summed E-state index contributed by atoms with van der Waals surface area (Å²) in [6.07, 6.45) is -3.18. The molecule has 0 fully saturated rings. The number of oxime groups is 1. The summed E-state index contributed by atoms with van der Waals surface area (Å²) in [5.41, 5.74) is 0.599. The minimum Gasteiger partial charge on any atom is -0.497 e. The van der Waals surface area contributed by atoms with Gasteiger partial charge in [-0.1, -0.05) is 17.3 Å². The number of hydrogen-bond donors (Lipinski definition) is 0. The van der Waals surface area contributed by atoms with E-state index in [4.69, 9.17) is 4.74 Å². The molecule has 3 nitrogen and oxygen atoms in total. The molecule has 16 heavy (non-hydrogen) atoms. The Morgan fingerprint density at radius 2 is 2.12 bits per heavy atom. The predicted molar refractivity (Wildman–Crippen MR) is 52.6 cm³/mol. The summed E-state index contributed by atoms with van der Waals surface area (Å²) in [4.78, 5) is 4.08. The third kappa shape index (κ3) is 4.68. The molecular weight excluding hydrogens is 223 g/mol. The number of ether oxygens (including phenoxy) is 1. The molecule has 0 bridgehead atoms. The Hall–Kier alpha value is -1.72. The predicted octanol–water partition coefficient (Wildman–Crippen LogP) is 2.61. The van der Waals surface area contributed by atoms with Gasteiger partial charge in [0.2, 0.25) is 6.61 Å². The van der Waals surface area contributed by atoms with E-state index in [1.54, 1.807) is 24.3 Å². The fourth-order valence-corrected chi connectivity index (χ4v) is 0.930. The quantitative estimate of drug-likeness (QED) is 0.591. The highest BCUT2D eigenvalue weighted by molar-refractivity contribution is 5.79. The second kappa shape index (κ2) is 5.39. The summed E-state index contributed by atoms with van der Waals surface area (Å²) in [5.74, 6) is 0.597. The molecule has 0 aliphatic heterocycles. The average molecular weight is 233 g/mol. The molecule has 0 heterocycles. The summed E-state index contributed by atoms with van der Waals surface area (Å²) in [6.45, 7) is -1.40. The molecule has 0 aromatic heterocycles. The average Bonchev–Trinajstić information content (AvgIpc) is 2.23. The number of benzene rings is 1. The van der Waals surface area contributed by atoms with Crippen molar-refractivity contribution in [2.45, 2.75) is 6.18 Å². The van der Waals surface area contributed by atoms with E-state index in [1.807, 2.05) is 0 Å². The molecule has 0 unspecified atom stereocenters. The zero-order valence-corrected chi connectivity index (χ0v) is 8.49. The largest absolute Gasteiger partial charge is 0.497 e. The van der Waals surface area contributed by atoms with Crippen LogP contribution in [0.15, 0.2) is 29.4 Å². The van der Waals surface area contributed by atoms with Crippen molar-refractivity contribution in [1.82, 2.24) is 0 Å². The number of rotatable bonds is 4. The van der Waals surface area contributed by atoms with Gasteiger partial charge in [-0.25, -0.2) is 0 Å². The molecule has 0 radical (unpaired) electrons. The zero-order chi connectivity index (χ0) is 12.0. The van der Waals surface area contributed by atoms with Crippen LogP contribution in [0.5, 0.6) is 5.75 Å². The first kappa shape index (κ1) is 12.4. The summed E-state index contributed by atoms with van der Waals surface area (Å²) >= 11 is 0. The van der Waals surface area contributed by atoms with Crippen LogP contribution in [0.1, 0.15) is 5.56 Å². The Balaban J connectivity index is 2.49. The maximum atomic E-state index is 11.7. The van der Waals surface area contributed by atoms with Crippen LogP contribution in [0.3, 0.4) is 0 Å². The minimum atomic E-state index is -4.37. The molecule has 1 aromatic carbocycles. The van der Waals surface area contributed by atoms with Crippen molar-refractivity contribution < 1.29 is 22.7 Å². The van der Waals surface area contributed by atoms with Gasteiger partial charge in [-0.05, 0) is 17.7 Å². The second-order valence-electron chi connectivity index (χ2n) is 2.90. The van der Waals surface area contributed by atoms with Gasteiger partial charge in [0.05, 0.1) is 13.3 Å². The highest BCUT2D eigenvalue weighted by Crippen LogP contribution is 2.14. The van der Waals surface area contributed by atoms with Gasteiger partial charge in [0.25, 0.3) is 0 Å². The van der Waals surface area contributed by atoms with Crippen molar-refractivity contribution in [3.8, 4) is 5.75 Å². The summed E-state index contributed by atoms with van der Waals surface area (Å²) in [5, 5.41) is 3.20. The van der Waals surface area contributed by atoms with Crippen LogP contribution in [0.2, 0.25) is 0 Å². The van der Waals surface area contributed by atoms with Crippen LogP contribution in [-0.2, 0) is 4.84 Å². The SMILES string of the molecule is COc1cccc(C=NOCC(F)(F)F)c1. The van der Waals surface area contributed by atoms with Crippen molar-refractivity contribution >= 4 is 6.21 Å². The van der Waals surface area contributed by atoms with Crippen LogP contribution < -0.4 is 4.74 Å². The highest BCUT2D eigenvalue weighted by Gasteiger charge is 2.28. The Labute approximate surface area is 90.5 Å². The van der Waals surface area contributed by atoms with Gasteiger partial charge in [-0.15, -0.1) is 0 Å². The van der Waals surface area contributed by atoms with Gasteiger partial charge in [0.15, 0.2) is 0 Å². The van der Waals surface area contributed by atoms with E-state index in [2.05, 4.69) is 9.99 Å². The minimum absolute atomic E-state index is 0.597. The second-order valence-corrected chi connectivity index (χ2v) is 2.90.